The second-order valence-electron chi connectivity index (χ2n) is 5.44. The highest BCUT2D eigenvalue weighted by Gasteiger charge is 2.17. The first-order chi connectivity index (χ1) is 11.2. The summed E-state index contributed by atoms with van der Waals surface area (Å²) < 4.78 is 26.2. The lowest BCUT2D eigenvalue weighted by Gasteiger charge is -2.34. The molecule has 2 heterocycles. The number of hydrogen-bond donors (Lipinski definition) is 1. The largest absolute Gasteiger partial charge is 0.354 e. The summed E-state index contributed by atoms with van der Waals surface area (Å²) in [6.45, 7) is 7.05. The van der Waals surface area contributed by atoms with E-state index in [9.17, 15) is 8.78 Å². The summed E-state index contributed by atoms with van der Waals surface area (Å²) in [5, 5.41) is 2.98. The number of likely N-dealkylation sites (N-methyl/N-ethyl adjacent to an activating group) is 1. The van der Waals surface area contributed by atoms with Gasteiger partial charge in [-0.2, -0.15) is 0 Å². The monoisotopic (exact) mass is 319 g/mol. The van der Waals surface area contributed by atoms with E-state index in [-0.39, 0.29) is 0 Å². The molecule has 23 heavy (non-hydrogen) atoms. The van der Waals surface area contributed by atoms with Crippen LogP contribution in [-0.4, -0.2) is 47.6 Å². The minimum absolute atomic E-state index is 0.448. The van der Waals surface area contributed by atoms with Gasteiger partial charge in [0, 0.05) is 44.0 Å². The molecule has 2 aromatic rings. The summed E-state index contributed by atoms with van der Waals surface area (Å²) >= 11 is 0. The topological polar surface area (TPSA) is 44.3 Å². The van der Waals surface area contributed by atoms with Gasteiger partial charge in [0.15, 0.2) is 11.6 Å². The maximum absolute atomic E-state index is 13.3. The van der Waals surface area contributed by atoms with E-state index in [0.29, 0.717) is 11.5 Å². The third-order valence-corrected chi connectivity index (χ3v) is 3.99. The first-order valence-corrected chi connectivity index (χ1v) is 7.67. The van der Waals surface area contributed by atoms with Crippen LogP contribution >= 0.6 is 0 Å². The van der Waals surface area contributed by atoms with Crippen LogP contribution in [0, 0.1) is 11.6 Å². The smallest absolute Gasteiger partial charge is 0.160 e. The number of aromatic nitrogens is 2. The summed E-state index contributed by atoms with van der Waals surface area (Å²) in [6, 6.07) is 5.49. The van der Waals surface area contributed by atoms with Gasteiger partial charge in [-0.25, -0.2) is 18.7 Å². The lowest BCUT2D eigenvalue weighted by Crippen LogP contribution is -2.46. The lowest BCUT2D eigenvalue weighted by molar-refractivity contribution is 0.270. The molecule has 0 unspecified atom stereocenters. The maximum Gasteiger partial charge on any atom is 0.160 e. The Bertz CT molecular complexity index is 671. The van der Waals surface area contributed by atoms with Gasteiger partial charge in [0.2, 0.25) is 0 Å². The molecule has 0 aliphatic carbocycles. The van der Waals surface area contributed by atoms with Crippen molar-refractivity contribution in [1.29, 1.82) is 0 Å². The predicted octanol–water partition coefficient (Wildman–Crippen LogP) is 2.64. The highest BCUT2D eigenvalue weighted by molar-refractivity contribution is 5.59. The van der Waals surface area contributed by atoms with Gasteiger partial charge < -0.3 is 15.1 Å². The Labute approximate surface area is 134 Å². The molecule has 0 spiro atoms. The van der Waals surface area contributed by atoms with Gasteiger partial charge in [-0.15, -0.1) is 0 Å². The van der Waals surface area contributed by atoms with Crippen LogP contribution in [0.5, 0.6) is 0 Å². The summed E-state index contributed by atoms with van der Waals surface area (Å²) in [4.78, 5) is 13.0. The highest BCUT2D eigenvalue weighted by Crippen LogP contribution is 2.21. The summed E-state index contributed by atoms with van der Waals surface area (Å²) in [5.41, 5.74) is 0.448. The molecule has 1 saturated heterocycles. The van der Waals surface area contributed by atoms with Crippen molar-refractivity contribution in [2.24, 2.45) is 0 Å². The van der Waals surface area contributed by atoms with Gasteiger partial charge in [0.05, 0.1) is 0 Å². The zero-order valence-electron chi connectivity index (χ0n) is 13.0. The van der Waals surface area contributed by atoms with Crippen LogP contribution in [0.2, 0.25) is 0 Å². The third-order valence-electron chi connectivity index (χ3n) is 3.99. The van der Waals surface area contributed by atoms with Crippen molar-refractivity contribution in [2.75, 3.05) is 42.9 Å². The molecule has 5 nitrogen and oxygen atoms in total. The Kier molecular flexibility index (Phi) is 4.66. The Balaban J connectivity index is 1.71. The van der Waals surface area contributed by atoms with Crippen LogP contribution in [-0.2, 0) is 0 Å². The predicted molar refractivity (Wildman–Crippen MR) is 86.0 cm³/mol. The van der Waals surface area contributed by atoms with E-state index < -0.39 is 11.6 Å². The Morgan fingerprint density at radius 2 is 1.83 bits per heavy atom. The van der Waals surface area contributed by atoms with Crippen molar-refractivity contribution < 1.29 is 8.78 Å². The van der Waals surface area contributed by atoms with E-state index >= 15 is 0 Å². The molecule has 1 fully saturated rings. The number of benzene rings is 1. The van der Waals surface area contributed by atoms with Crippen LogP contribution in [0.15, 0.2) is 30.6 Å². The average molecular weight is 319 g/mol. The molecule has 0 saturated carbocycles. The van der Waals surface area contributed by atoms with Crippen LogP contribution in [0.25, 0.3) is 0 Å². The number of halogens is 2. The van der Waals surface area contributed by atoms with Crippen LogP contribution in [0.3, 0.4) is 0 Å². The average Bonchev–Trinajstić information content (AvgIpc) is 2.58. The summed E-state index contributed by atoms with van der Waals surface area (Å²) in [6.07, 6.45) is 1.48. The van der Waals surface area contributed by atoms with E-state index in [0.717, 1.165) is 50.7 Å². The van der Waals surface area contributed by atoms with Gasteiger partial charge in [-0.3, -0.25) is 0 Å². The first-order valence-electron chi connectivity index (χ1n) is 7.67. The molecule has 1 aromatic carbocycles. The van der Waals surface area contributed by atoms with Gasteiger partial charge >= 0.3 is 0 Å². The molecular formula is C16H19F2N5. The number of hydrogen-bond acceptors (Lipinski definition) is 5. The molecule has 0 radical (unpaired) electrons. The standard InChI is InChI=1S/C16H19F2N5/c1-2-22-5-7-23(8-6-22)16-10-15(19-11-20-16)21-12-3-4-13(17)14(18)9-12/h3-4,9-11H,2,5-8H2,1H3,(H,19,20,21). The van der Waals surface area contributed by atoms with Crippen molar-refractivity contribution in [3.8, 4) is 0 Å². The molecule has 1 aromatic heterocycles. The van der Waals surface area contributed by atoms with Crippen molar-refractivity contribution in [3.05, 3.63) is 42.2 Å². The Morgan fingerprint density at radius 1 is 1.04 bits per heavy atom. The molecule has 0 amide bonds. The van der Waals surface area contributed by atoms with Gasteiger partial charge in [0.25, 0.3) is 0 Å². The van der Waals surface area contributed by atoms with Crippen molar-refractivity contribution in [2.45, 2.75) is 6.92 Å². The molecule has 7 heteroatoms. The molecular weight excluding hydrogens is 300 g/mol. The number of rotatable bonds is 4. The second kappa shape index (κ2) is 6.87. The number of nitrogens with zero attached hydrogens (tertiary/aromatic N) is 4. The summed E-state index contributed by atoms with van der Waals surface area (Å²) in [5.74, 6) is -0.368. The zero-order chi connectivity index (χ0) is 16.2. The minimum Gasteiger partial charge on any atom is -0.354 e. The van der Waals surface area contributed by atoms with Gasteiger partial charge in [0.1, 0.15) is 18.0 Å². The van der Waals surface area contributed by atoms with Crippen LogP contribution < -0.4 is 10.2 Å². The van der Waals surface area contributed by atoms with Crippen LogP contribution in [0.1, 0.15) is 6.92 Å². The normalized spacial score (nSPS) is 15.7. The van der Waals surface area contributed by atoms with Gasteiger partial charge in [-0.05, 0) is 18.7 Å². The first kappa shape index (κ1) is 15.6. The molecule has 1 aliphatic heterocycles. The zero-order valence-corrected chi connectivity index (χ0v) is 13.0. The number of anilines is 3. The Hall–Kier alpha value is -2.28. The fourth-order valence-electron chi connectivity index (χ4n) is 2.60. The van der Waals surface area contributed by atoms with E-state index in [1.54, 1.807) is 0 Å². The third kappa shape index (κ3) is 3.73. The fraction of sp³-hybridized carbons (Fsp3) is 0.375. The second-order valence-corrected chi connectivity index (χ2v) is 5.44. The van der Waals surface area contributed by atoms with Gasteiger partial charge in [-0.1, -0.05) is 6.92 Å². The molecule has 1 aliphatic rings. The Morgan fingerprint density at radius 3 is 2.52 bits per heavy atom. The van der Waals surface area contributed by atoms with E-state index in [1.165, 1.54) is 12.4 Å². The van der Waals surface area contributed by atoms with E-state index in [2.05, 4.69) is 32.0 Å². The molecule has 0 bridgehead atoms. The quantitative estimate of drug-likeness (QED) is 0.938. The highest BCUT2D eigenvalue weighted by atomic mass is 19.2. The molecule has 0 atom stereocenters. The molecule has 3 rings (SSSR count). The van der Waals surface area contributed by atoms with Crippen LogP contribution in [0.4, 0.5) is 26.1 Å². The molecule has 122 valence electrons. The van der Waals surface area contributed by atoms with Crippen molar-refractivity contribution in [1.82, 2.24) is 14.9 Å². The number of piperazine rings is 1. The maximum atomic E-state index is 13.3. The van der Waals surface area contributed by atoms with Crippen molar-refractivity contribution >= 4 is 17.3 Å². The number of nitrogens with one attached hydrogen (secondary N) is 1. The van der Waals surface area contributed by atoms with E-state index in [1.807, 2.05) is 6.07 Å². The van der Waals surface area contributed by atoms with Crippen molar-refractivity contribution in [3.63, 3.8) is 0 Å². The summed E-state index contributed by atoms with van der Waals surface area (Å²) in [7, 11) is 0. The lowest BCUT2D eigenvalue weighted by atomic mass is 10.3. The SMILES string of the molecule is CCN1CCN(c2cc(Nc3ccc(F)c(F)c3)ncn2)CC1. The van der Waals surface area contributed by atoms with E-state index in [4.69, 9.17) is 0 Å². The fourth-order valence-corrected chi connectivity index (χ4v) is 2.60. The molecule has 1 N–H and O–H groups in total. The minimum atomic E-state index is -0.889.